The van der Waals surface area contributed by atoms with Gasteiger partial charge in [-0.25, -0.2) is 4.99 Å². The Kier molecular flexibility index (Phi) is 3.69. The number of nitrogens with one attached hydrogen (secondary N) is 1. The highest BCUT2D eigenvalue weighted by Gasteiger charge is 3.07. The van der Waals surface area contributed by atoms with E-state index in [4.69, 9.17) is 25.4 Å². The summed E-state index contributed by atoms with van der Waals surface area (Å²) in [5, 5.41) is 24.6. The number of ether oxygens (including phenoxy) is 3. The number of rotatable bonds is 4. The Balaban J connectivity index is 2.03. The molecule has 2 heterocycles. The zero-order valence-corrected chi connectivity index (χ0v) is 16.4. The Hall–Kier alpha value is -3.29. The molecular weight excluding hydrogens is 376 g/mol. The van der Waals surface area contributed by atoms with Gasteiger partial charge in [0.15, 0.2) is 16.7 Å². The summed E-state index contributed by atoms with van der Waals surface area (Å²) >= 11 is 0. The molecular formula is C19H20N6O4. The number of methoxy groups -OCH3 is 3. The number of carbonyl (C=O) groups is 1. The minimum atomic E-state index is -1.91. The summed E-state index contributed by atoms with van der Waals surface area (Å²) in [4.78, 5) is 18.1. The number of para-hydroxylation sites is 1. The molecule has 3 aliphatic rings. The SMILES string of the molecule is COC(=N)C12C(N)=NC(OC)(OC)C1(C#N)C21C(=O)N(c2ccccc2)N=C1C. The first kappa shape index (κ1) is 19.0. The Morgan fingerprint density at radius 3 is 2.38 bits per heavy atom. The smallest absolute Gasteiger partial charge is 0.293 e. The Morgan fingerprint density at radius 1 is 1.24 bits per heavy atom. The first-order chi connectivity index (χ1) is 13.8. The lowest BCUT2D eigenvalue weighted by atomic mass is 9.85. The topological polar surface area (TPSA) is 146 Å². The van der Waals surface area contributed by atoms with Gasteiger partial charge < -0.3 is 19.9 Å². The molecule has 29 heavy (non-hydrogen) atoms. The van der Waals surface area contributed by atoms with E-state index >= 15 is 0 Å². The van der Waals surface area contributed by atoms with Gasteiger partial charge in [-0.15, -0.1) is 0 Å². The largest absolute Gasteiger partial charge is 0.484 e. The lowest BCUT2D eigenvalue weighted by molar-refractivity contribution is -0.234. The second kappa shape index (κ2) is 5.62. The molecule has 10 heteroatoms. The summed E-state index contributed by atoms with van der Waals surface area (Å²) in [5.74, 6) is -2.96. The van der Waals surface area contributed by atoms with Crippen LogP contribution < -0.4 is 10.7 Å². The number of aliphatic imine (C=N–C) groups is 1. The molecule has 1 amide bonds. The summed E-state index contributed by atoms with van der Waals surface area (Å²) in [6, 6.07) is 11.0. The standard InChI is InChI=1S/C19H20N6O4/c1-11-17(15(26)25(24-11)12-8-6-5-7-9-12)16(10-20)18(17,14(22)27-2)13(21)23-19(16,28-3)29-4/h5-9,22H,1-4H3,(H2,21,23). The van der Waals surface area contributed by atoms with Crippen molar-refractivity contribution in [2.45, 2.75) is 12.8 Å². The maximum Gasteiger partial charge on any atom is 0.293 e. The Morgan fingerprint density at radius 2 is 1.86 bits per heavy atom. The van der Waals surface area contributed by atoms with Crippen LogP contribution in [0.25, 0.3) is 0 Å². The number of amides is 1. The predicted octanol–water partition coefficient (Wildman–Crippen LogP) is 0.847. The van der Waals surface area contributed by atoms with E-state index < -0.39 is 28.1 Å². The first-order valence-corrected chi connectivity index (χ1v) is 8.78. The van der Waals surface area contributed by atoms with Crippen LogP contribution in [0.2, 0.25) is 0 Å². The molecule has 2 aliphatic heterocycles. The van der Waals surface area contributed by atoms with Gasteiger partial charge in [0.25, 0.3) is 11.8 Å². The van der Waals surface area contributed by atoms with Crippen LogP contribution in [-0.2, 0) is 19.0 Å². The number of fused-ring (bicyclic) bond motifs is 3. The highest BCUT2D eigenvalue weighted by atomic mass is 16.7. The van der Waals surface area contributed by atoms with Crippen molar-refractivity contribution in [3.8, 4) is 6.07 Å². The molecule has 3 atom stereocenters. The lowest BCUT2D eigenvalue weighted by Crippen LogP contribution is -2.48. The predicted molar refractivity (Wildman–Crippen MR) is 103 cm³/mol. The molecule has 1 fully saturated rings. The molecule has 0 aromatic heterocycles. The average Bonchev–Trinajstić information content (AvgIpc) is 3.15. The monoisotopic (exact) mass is 396 g/mol. The molecule has 150 valence electrons. The number of hydrogen-bond donors (Lipinski definition) is 2. The molecule has 1 aromatic carbocycles. The number of amidine groups is 1. The molecule has 3 N–H and O–H groups in total. The normalized spacial score (nSPS) is 33.8. The number of anilines is 1. The summed E-state index contributed by atoms with van der Waals surface area (Å²) in [6.45, 7) is 1.62. The van der Waals surface area contributed by atoms with Crippen LogP contribution in [0.4, 0.5) is 5.69 Å². The van der Waals surface area contributed by atoms with Gasteiger partial charge in [-0.2, -0.15) is 15.4 Å². The number of benzene rings is 1. The van der Waals surface area contributed by atoms with Gasteiger partial charge in [-0.1, -0.05) is 18.2 Å². The van der Waals surface area contributed by atoms with E-state index in [1.165, 1.54) is 26.3 Å². The third-order valence-corrected chi connectivity index (χ3v) is 6.32. The van der Waals surface area contributed by atoms with E-state index in [2.05, 4.69) is 16.2 Å². The van der Waals surface area contributed by atoms with E-state index in [9.17, 15) is 10.1 Å². The molecule has 1 saturated carbocycles. The van der Waals surface area contributed by atoms with Gasteiger partial charge in [0, 0.05) is 14.2 Å². The summed E-state index contributed by atoms with van der Waals surface area (Å²) < 4.78 is 16.3. The van der Waals surface area contributed by atoms with Gasteiger partial charge >= 0.3 is 0 Å². The van der Waals surface area contributed by atoms with Crippen molar-refractivity contribution in [3.05, 3.63) is 30.3 Å². The van der Waals surface area contributed by atoms with E-state index in [1.54, 1.807) is 31.2 Å². The van der Waals surface area contributed by atoms with Crippen LogP contribution in [-0.4, -0.2) is 50.6 Å². The minimum absolute atomic E-state index is 0.146. The van der Waals surface area contributed by atoms with Crippen molar-refractivity contribution in [3.63, 3.8) is 0 Å². The van der Waals surface area contributed by atoms with Crippen molar-refractivity contribution in [2.75, 3.05) is 26.3 Å². The second-order valence-corrected chi connectivity index (χ2v) is 7.02. The number of hydrazone groups is 1. The van der Waals surface area contributed by atoms with Gasteiger partial charge in [0.1, 0.15) is 11.3 Å². The van der Waals surface area contributed by atoms with E-state index in [0.717, 1.165) is 0 Å². The molecule has 0 radical (unpaired) electrons. The number of nitriles is 1. The number of nitrogens with two attached hydrogens (primary N) is 1. The highest BCUT2D eigenvalue weighted by Crippen LogP contribution is 2.87. The van der Waals surface area contributed by atoms with Gasteiger partial charge in [0.05, 0.1) is 24.6 Å². The average molecular weight is 396 g/mol. The molecule has 1 spiro atoms. The minimum Gasteiger partial charge on any atom is -0.484 e. The van der Waals surface area contributed by atoms with Crippen molar-refractivity contribution in [1.29, 1.82) is 10.7 Å². The van der Waals surface area contributed by atoms with Crippen LogP contribution >= 0.6 is 0 Å². The summed E-state index contributed by atoms with van der Waals surface area (Å²) in [5.41, 5.74) is 1.92. The van der Waals surface area contributed by atoms with Crippen molar-refractivity contribution < 1.29 is 19.0 Å². The van der Waals surface area contributed by atoms with E-state index in [-0.39, 0.29) is 11.7 Å². The van der Waals surface area contributed by atoms with Gasteiger partial charge in [0.2, 0.25) is 0 Å². The number of nitrogens with zero attached hydrogens (tertiary/aromatic N) is 4. The third kappa shape index (κ3) is 1.55. The number of carbonyl (C=O) groups excluding carboxylic acids is 1. The van der Waals surface area contributed by atoms with E-state index in [1.807, 2.05) is 6.07 Å². The molecule has 1 aliphatic carbocycles. The highest BCUT2D eigenvalue weighted by molar-refractivity contribution is 6.35. The van der Waals surface area contributed by atoms with Crippen molar-refractivity contribution in [2.24, 2.45) is 32.1 Å². The molecule has 10 nitrogen and oxygen atoms in total. The van der Waals surface area contributed by atoms with Crippen LogP contribution in [0.5, 0.6) is 0 Å². The lowest BCUT2D eigenvalue weighted by Gasteiger charge is -2.31. The van der Waals surface area contributed by atoms with Crippen molar-refractivity contribution >= 4 is 29.0 Å². The van der Waals surface area contributed by atoms with Gasteiger partial charge in [-0.3, -0.25) is 10.2 Å². The van der Waals surface area contributed by atoms with E-state index in [0.29, 0.717) is 11.4 Å². The van der Waals surface area contributed by atoms with Crippen LogP contribution in [0.1, 0.15) is 6.92 Å². The fourth-order valence-corrected chi connectivity index (χ4v) is 5.27. The molecule has 4 rings (SSSR count). The maximum absolute atomic E-state index is 13.9. The fraction of sp³-hybridized carbons (Fsp3) is 0.421. The molecule has 0 saturated heterocycles. The molecule has 1 aromatic rings. The maximum atomic E-state index is 13.9. The quantitative estimate of drug-likeness (QED) is 0.438. The molecule has 3 unspecified atom stereocenters. The van der Waals surface area contributed by atoms with Crippen LogP contribution in [0.3, 0.4) is 0 Å². The third-order valence-electron chi connectivity index (χ3n) is 6.32. The zero-order chi connectivity index (χ0) is 21.2. The van der Waals surface area contributed by atoms with Crippen molar-refractivity contribution in [1.82, 2.24) is 0 Å². The second-order valence-electron chi connectivity index (χ2n) is 7.02. The Bertz CT molecular complexity index is 1030. The summed E-state index contributed by atoms with van der Waals surface area (Å²) in [6.07, 6.45) is 0. The zero-order valence-electron chi connectivity index (χ0n) is 16.4. The fourth-order valence-electron chi connectivity index (χ4n) is 5.27. The van der Waals surface area contributed by atoms with Crippen LogP contribution in [0.15, 0.2) is 40.4 Å². The Labute approximate surface area is 167 Å². The number of hydrogen-bond acceptors (Lipinski definition) is 9. The van der Waals surface area contributed by atoms with Gasteiger partial charge in [-0.05, 0) is 19.1 Å². The summed E-state index contributed by atoms with van der Waals surface area (Å²) in [7, 11) is 3.89. The first-order valence-electron chi connectivity index (χ1n) is 8.78. The molecule has 0 bridgehead atoms. The van der Waals surface area contributed by atoms with Crippen LogP contribution in [0, 0.1) is 33.0 Å².